The highest BCUT2D eigenvalue weighted by Gasteiger charge is 2.55. The van der Waals surface area contributed by atoms with Crippen molar-refractivity contribution < 1.29 is 24.2 Å². The molecule has 0 bridgehead atoms. The van der Waals surface area contributed by atoms with E-state index in [0.717, 1.165) is 11.3 Å². The fraction of sp³-hybridized carbons (Fsp3) is 0.364. The Kier molecular flexibility index (Phi) is 5.05. The molecular formula is C22H23NO5. The Morgan fingerprint density at radius 1 is 1.14 bits per heavy atom. The normalized spacial score (nSPS) is 23.9. The number of nitrogens with zero attached hydrogens (tertiary/aromatic N) is 1. The van der Waals surface area contributed by atoms with Gasteiger partial charge >= 0.3 is 5.97 Å². The minimum absolute atomic E-state index is 0.0544. The molecule has 1 N–H and O–H groups in total. The average molecular weight is 381 g/mol. The van der Waals surface area contributed by atoms with Crippen LogP contribution >= 0.6 is 0 Å². The van der Waals surface area contributed by atoms with E-state index in [1.165, 1.54) is 0 Å². The van der Waals surface area contributed by atoms with Crippen LogP contribution < -0.4 is 4.74 Å². The number of aliphatic carboxylic acids is 1. The molecule has 0 aromatic heterocycles. The summed E-state index contributed by atoms with van der Waals surface area (Å²) in [5, 5.41) is 9.73. The van der Waals surface area contributed by atoms with Crippen LogP contribution in [0.5, 0.6) is 5.75 Å². The standard InChI is InChI=1S/C22H23NO5/c24-20(23-12-18-10-11-27-15-22(18,14-23)21(25)26)17-8-6-16(7-9-17)13-28-19-4-2-1-3-5-19/h1-9,18H,10-15H2,(H,25,26)/t18-,22+/m0/s1. The molecule has 0 radical (unpaired) electrons. The Morgan fingerprint density at radius 2 is 1.89 bits per heavy atom. The van der Waals surface area contributed by atoms with Gasteiger partial charge in [-0.25, -0.2) is 0 Å². The number of carboxylic acids is 1. The lowest BCUT2D eigenvalue weighted by molar-refractivity contribution is -0.159. The zero-order valence-corrected chi connectivity index (χ0v) is 15.5. The molecule has 2 aliphatic rings. The van der Waals surface area contributed by atoms with Crippen LogP contribution in [0.15, 0.2) is 54.6 Å². The van der Waals surface area contributed by atoms with E-state index in [9.17, 15) is 14.7 Å². The van der Waals surface area contributed by atoms with Crippen LogP contribution in [0.25, 0.3) is 0 Å². The molecule has 2 atom stereocenters. The number of fused-ring (bicyclic) bond motifs is 1. The largest absolute Gasteiger partial charge is 0.489 e. The number of ether oxygens (including phenoxy) is 2. The van der Waals surface area contributed by atoms with E-state index in [-0.39, 0.29) is 25.0 Å². The highest BCUT2D eigenvalue weighted by atomic mass is 16.5. The van der Waals surface area contributed by atoms with Crippen molar-refractivity contribution in [2.24, 2.45) is 11.3 Å². The van der Waals surface area contributed by atoms with Crippen molar-refractivity contribution in [3.63, 3.8) is 0 Å². The molecule has 28 heavy (non-hydrogen) atoms. The number of hydrogen-bond donors (Lipinski definition) is 1. The topological polar surface area (TPSA) is 76.1 Å². The van der Waals surface area contributed by atoms with Gasteiger partial charge in [-0.15, -0.1) is 0 Å². The van der Waals surface area contributed by atoms with E-state index in [4.69, 9.17) is 9.47 Å². The van der Waals surface area contributed by atoms with Crippen LogP contribution in [-0.2, 0) is 16.1 Å². The van der Waals surface area contributed by atoms with Crippen LogP contribution in [0.2, 0.25) is 0 Å². The number of likely N-dealkylation sites (tertiary alicyclic amines) is 1. The van der Waals surface area contributed by atoms with Crippen LogP contribution in [-0.4, -0.2) is 48.2 Å². The predicted octanol–water partition coefficient (Wildman–Crippen LogP) is 2.83. The van der Waals surface area contributed by atoms with Gasteiger partial charge < -0.3 is 19.5 Å². The summed E-state index contributed by atoms with van der Waals surface area (Å²) >= 11 is 0. The van der Waals surface area contributed by atoms with E-state index in [0.29, 0.717) is 31.7 Å². The van der Waals surface area contributed by atoms with E-state index in [1.807, 2.05) is 42.5 Å². The lowest BCUT2D eigenvalue weighted by Gasteiger charge is -2.33. The molecule has 2 saturated heterocycles. The molecule has 2 aromatic carbocycles. The highest BCUT2D eigenvalue weighted by Crippen LogP contribution is 2.42. The van der Waals surface area contributed by atoms with Crippen molar-refractivity contribution in [2.75, 3.05) is 26.3 Å². The van der Waals surface area contributed by atoms with Gasteiger partial charge in [0.05, 0.1) is 6.61 Å². The second-order valence-corrected chi connectivity index (χ2v) is 7.48. The van der Waals surface area contributed by atoms with Gasteiger partial charge in [0.25, 0.3) is 5.91 Å². The molecule has 0 saturated carbocycles. The zero-order valence-electron chi connectivity index (χ0n) is 15.5. The summed E-state index contributed by atoms with van der Waals surface area (Å²) in [6.45, 7) is 1.81. The number of hydrogen-bond acceptors (Lipinski definition) is 4. The number of carbonyl (C=O) groups excluding carboxylic acids is 1. The molecule has 2 aromatic rings. The van der Waals surface area contributed by atoms with Crippen molar-refractivity contribution in [3.8, 4) is 5.75 Å². The molecule has 0 spiro atoms. The van der Waals surface area contributed by atoms with Crippen molar-refractivity contribution >= 4 is 11.9 Å². The molecule has 6 heteroatoms. The van der Waals surface area contributed by atoms with Crippen LogP contribution in [0.3, 0.4) is 0 Å². The second-order valence-electron chi connectivity index (χ2n) is 7.48. The van der Waals surface area contributed by atoms with E-state index in [1.54, 1.807) is 17.0 Å². The van der Waals surface area contributed by atoms with Crippen LogP contribution in [0.1, 0.15) is 22.3 Å². The summed E-state index contributed by atoms with van der Waals surface area (Å²) in [6, 6.07) is 16.8. The monoisotopic (exact) mass is 381 g/mol. The van der Waals surface area contributed by atoms with Crippen LogP contribution in [0, 0.1) is 11.3 Å². The number of carboxylic acid groups (broad SMARTS) is 1. The Hall–Kier alpha value is -2.86. The average Bonchev–Trinajstić information content (AvgIpc) is 3.14. The lowest BCUT2D eigenvalue weighted by atomic mass is 9.76. The third-order valence-corrected chi connectivity index (χ3v) is 5.73. The molecule has 4 rings (SSSR count). The number of carbonyl (C=O) groups is 2. The van der Waals surface area contributed by atoms with Crippen LogP contribution in [0.4, 0.5) is 0 Å². The molecule has 1 amide bonds. The van der Waals surface area contributed by atoms with E-state index < -0.39 is 11.4 Å². The Bertz CT molecular complexity index is 851. The van der Waals surface area contributed by atoms with Gasteiger partial charge in [-0.05, 0) is 42.2 Å². The SMILES string of the molecule is O=C(c1ccc(COc2ccccc2)cc1)N1C[C@@H]2CCOC[C@]2(C(=O)O)C1. The summed E-state index contributed by atoms with van der Waals surface area (Å²) in [7, 11) is 0. The van der Waals surface area contributed by atoms with Crippen molar-refractivity contribution in [1.29, 1.82) is 0 Å². The van der Waals surface area contributed by atoms with Crippen molar-refractivity contribution in [3.05, 3.63) is 65.7 Å². The van der Waals surface area contributed by atoms with Crippen molar-refractivity contribution in [2.45, 2.75) is 13.0 Å². The fourth-order valence-electron chi connectivity index (χ4n) is 4.05. The minimum atomic E-state index is -0.975. The number of rotatable bonds is 5. The quantitative estimate of drug-likeness (QED) is 0.862. The summed E-state index contributed by atoms with van der Waals surface area (Å²) in [5.41, 5.74) is 0.548. The third-order valence-electron chi connectivity index (χ3n) is 5.73. The Morgan fingerprint density at radius 3 is 2.57 bits per heavy atom. The summed E-state index contributed by atoms with van der Waals surface area (Å²) < 4.78 is 11.1. The number of benzene rings is 2. The van der Waals surface area contributed by atoms with E-state index >= 15 is 0 Å². The first-order chi connectivity index (χ1) is 13.6. The number of para-hydroxylation sites is 1. The molecule has 0 unspecified atom stereocenters. The van der Waals surface area contributed by atoms with Gasteiger partial charge in [-0.1, -0.05) is 30.3 Å². The Labute approximate surface area is 163 Å². The molecule has 6 nitrogen and oxygen atoms in total. The zero-order chi connectivity index (χ0) is 19.6. The van der Waals surface area contributed by atoms with E-state index in [2.05, 4.69) is 0 Å². The molecule has 0 aliphatic carbocycles. The van der Waals surface area contributed by atoms with Gasteiger partial charge in [0, 0.05) is 25.3 Å². The first kappa shape index (κ1) is 18.5. The van der Waals surface area contributed by atoms with Gasteiger partial charge in [0.2, 0.25) is 0 Å². The molecule has 2 aliphatic heterocycles. The van der Waals surface area contributed by atoms with Gasteiger partial charge in [0.1, 0.15) is 17.8 Å². The fourth-order valence-corrected chi connectivity index (χ4v) is 4.05. The first-order valence-electron chi connectivity index (χ1n) is 9.46. The third kappa shape index (κ3) is 3.47. The highest BCUT2D eigenvalue weighted by molar-refractivity contribution is 5.95. The van der Waals surface area contributed by atoms with Gasteiger partial charge in [0.15, 0.2) is 0 Å². The maximum absolute atomic E-state index is 12.9. The molecule has 2 heterocycles. The number of amides is 1. The summed E-state index contributed by atoms with van der Waals surface area (Å²) in [6.07, 6.45) is 0.672. The maximum atomic E-state index is 12.9. The maximum Gasteiger partial charge on any atom is 0.314 e. The summed E-state index contributed by atoms with van der Waals surface area (Å²) in [4.78, 5) is 26.4. The lowest BCUT2D eigenvalue weighted by Crippen LogP contribution is -2.46. The molecular weight excluding hydrogens is 358 g/mol. The first-order valence-corrected chi connectivity index (χ1v) is 9.46. The molecule has 2 fully saturated rings. The predicted molar refractivity (Wildman–Crippen MR) is 102 cm³/mol. The van der Waals surface area contributed by atoms with Crippen molar-refractivity contribution in [1.82, 2.24) is 4.90 Å². The summed E-state index contributed by atoms with van der Waals surface area (Å²) in [5.74, 6) is -0.267. The second kappa shape index (κ2) is 7.64. The molecule has 146 valence electrons. The van der Waals surface area contributed by atoms with Gasteiger partial charge in [-0.3, -0.25) is 9.59 Å². The Balaban J connectivity index is 1.42. The smallest absolute Gasteiger partial charge is 0.314 e. The minimum Gasteiger partial charge on any atom is -0.489 e. The van der Waals surface area contributed by atoms with Gasteiger partial charge in [-0.2, -0.15) is 0 Å².